The van der Waals surface area contributed by atoms with Crippen LogP contribution in [0.4, 0.5) is 0 Å². The highest BCUT2D eigenvalue weighted by atomic mass is 79.9. The van der Waals surface area contributed by atoms with Gasteiger partial charge in [-0.15, -0.1) is 0 Å². The molecule has 7 nitrogen and oxygen atoms in total. The number of carbonyl (C=O) groups excluding carboxylic acids is 1. The Balaban J connectivity index is 1.17. The molecule has 0 aromatic heterocycles. The van der Waals surface area contributed by atoms with E-state index in [2.05, 4.69) is 61.0 Å². The van der Waals surface area contributed by atoms with Crippen molar-refractivity contribution in [2.45, 2.75) is 13.0 Å². The molecule has 35 heavy (non-hydrogen) atoms. The third-order valence-electron chi connectivity index (χ3n) is 7.05. The van der Waals surface area contributed by atoms with Crippen molar-refractivity contribution < 1.29 is 14.3 Å². The average Bonchev–Trinajstić information content (AvgIpc) is 2.90. The van der Waals surface area contributed by atoms with Crippen LogP contribution in [0, 0.1) is 0 Å². The lowest BCUT2D eigenvalue weighted by atomic mass is 10.1. The number of amides is 1. The molecule has 0 radical (unpaired) electrons. The molecule has 0 atom stereocenters. The van der Waals surface area contributed by atoms with Crippen molar-refractivity contribution >= 4 is 21.8 Å². The maximum atomic E-state index is 12.9. The zero-order valence-electron chi connectivity index (χ0n) is 20.9. The van der Waals surface area contributed by atoms with Crippen LogP contribution < -0.4 is 9.47 Å². The molecule has 2 heterocycles. The summed E-state index contributed by atoms with van der Waals surface area (Å²) in [5.74, 6) is 1.71. The highest BCUT2D eigenvalue weighted by molar-refractivity contribution is 9.10. The number of nitrogens with zero attached hydrogens (tertiary/aromatic N) is 4. The van der Waals surface area contributed by atoms with E-state index >= 15 is 0 Å². The summed E-state index contributed by atoms with van der Waals surface area (Å²) < 4.78 is 11.8. The van der Waals surface area contributed by atoms with Gasteiger partial charge in [-0.1, -0.05) is 46.3 Å². The third-order valence-corrected chi connectivity index (χ3v) is 7.79. The first-order chi connectivity index (χ1) is 17.1. The maximum Gasteiger partial charge on any atom is 0.236 e. The summed E-state index contributed by atoms with van der Waals surface area (Å²) in [5.41, 5.74) is 2.55. The second-order valence-electron chi connectivity index (χ2n) is 9.31. The van der Waals surface area contributed by atoms with Crippen LogP contribution in [0.2, 0.25) is 0 Å². The second kappa shape index (κ2) is 12.7. The Morgan fingerprint density at radius 1 is 0.829 bits per heavy atom. The third kappa shape index (κ3) is 7.19. The van der Waals surface area contributed by atoms with Gasteiger partial charge in [-0.2, -0.15) is 0 Å². The number of benzene rings is 2. The Morgan fingerprint density at radius 3 is 2.09 bits per heavy atom. The Bertz CT molecular complexity index is 958. The number of piperazine rings is 2. The Labute approximate surface area is 217 Å². The molecule has 2 aliphatic rings. The van der Waals surface area contributed by atoms with Gasteiger partial charge in [0.25, 0.3) is 0 Å². The molecule has 8 heteroatoms. The Morgan fingerprint density at radius 2 is 1.43 bits per heavy atom. The first-order valence-corrected chi connectivity index (χ1v) is 13.2. The van der Waals surface area contributed by atoms with E-state index in [-0.39, 0.29) is 5.91 Å². The average molecular weight is 546 g/mol. The van der Waals surface area contributed by atoms with Crippen molar-refractivity contribution in [3.05, 3.63) is 58.1 Å². The van der Waals surface area contributed by atoms with Crippen LogP contribution in [0.25, 0.3) is 0 Å². The molecule has 2 fully saturated rings. The zero-order chi connectivity index (χ0) is 24.6. The number of carbonyl (C=O) groups is 1. The number of hydrogen-bond donors (Lipinski definition) is 0. The lowest BCUT2D eigenvalue weighted by Gasteiger charge is -2.38. The smallest absolute Gasteiger partial charge is 0.236 e. The maximum absolute atomic E-state index is 12.9. The van der Waals surface area contributed by atoms with Gasteiger partial charge in [0.05, 0.1) is 20.8 Å². The summed E-state index contributed by atoms with van der Waals surface area (Å²) in [6.45, 7) is 9.75. The number of rotatable bonds is 9. The second-order valence-corrected chi connectivity index (χ2v) is 10.2. The van der Waals surface area contributed by atoms with Crippen molar-refractivity contribution in [2.75, 3.05) is 79.7 Å². The molecule has 2 saturated heterocycles. The van der Waals surface area contributed by atoms with Gasteiger partial charge in [-0.05, 0) is 29.7 Å². The van der Waals surface area contributed by atoms with Crippen LogP contribution in [0.3, 0.4) is 0 Å². The molecule has 2 aromatic carbocycles. The molecule has 0 aliphatic carbocycles. The lowest BCUT2D eigenvalue weighted by Crippen LogP contribution is -2.53. The minimum absolute atomic E-state index is 0.259. The topological polar surface area (TPSA) is 48.5 Å². The van der Waals surface area contributed by atoms with Gasteiger partial charge in [-0.3, -0.25) is 14.6 Å². The molecule has 0 spiro atoms. The SMILES string of the molecule is COc1cc(Br)c(CN2CCN(C(=O)CN3CCN(CCc4ccccc4)CC3)CC2)cc1OC. The van der Waals surface area contributed by atoms with Crippen molar-refractivity contribution in [2.24, 2.45) is 0 Å². The van der Waals surface area contributed by atoms with Gasteiger partial charge in [-0.25, -0.2) is 0 Å². The van der Waals surface area contributed by atoms with E-state index in [1.54, 1.807) is 14.2 Å². The quantitative estimate of drug-likeness (QED) is 0.483. The molecule has 0 bridgehead atoms. The first kappa shape index (κ1) is 25.9. The summed E-state index contributed by atoms with van der Waals surface area (Å²) in [4.78, 5) is 22.2. The van der Waals surface area contributed by atoms with E-state index in [0.29, 0.717) is 6.54 Å². The van der Waals surface area contributed by atoms with Crippen LogP contribution in [0.1, 0.15) is 11.1 Å². The van der Waals surface area contributed by atoms with Crippen molar-refractivity contribution in [1.82, 2.24) is 19.6 Å². The van der Waals surface area contributed by atoms with E-state index in [1.807, 2.05) is 17.0 Å². The summed E-state index contributed by atoms with van der Waals surface area (Å²) in [5, 5.41) is 0. The predicted molar refractivity (Wildman–Crippen MR) is 142 cm³/mol. The van der Waals surface area contributed by atoms with Gasteiger partial charge in [0.2, 0.25) is 5.91 Å². The van der Waals surface area contributed by atoms with Crippen molar-refractivity contribution in [3.63, 3.8) is 0 Å². The van der Waals surface area contributed by atoms with Gasteiger partial charge >= 0.3 is 0 Å². The molecular formula is C27H37BrN4O3. The van der Waals surface area contributed by atoms with E-state index in [0.717, 1.165) is 93.4 Å². The fourth-order valence-corrected chi connectivity index (χ4v) is 5.26. The van der Waals surface area contributed by atoms with Crippen molar-refractivity contribution in [3.8, 4) is 11.5 Å². The predicted octanol–water partition coefficient (Wildman–Crippen LogP) is 2.97. The molecule has 2 aromatic rings. The van der Waals surface area contributed by atoms with Gasteiger partial charge < -0.3 is 19.3 Å². The molecule has 190 valence electrons. The van der Waals surface area contributed by atoms with E-state index in [1.165, 1.54) is 5.56 Å². The molecule has 2 aliphatic heterocycles. The lowest BCUT2D eigenvalue weighted by molar-refractivity contribution is -0.134. The minimum atomic E-state index is 0.259. The highest BCUT2D eigenvalue weighted by Crippen LogP contribution is 2.34. The first-order valence-electron chi connectivity index (χ1n) is 12.4. The zero-order valence-corrected chi connectivity index (χ0v) is 22.5. The summed E-state index contributed by atoms with van der Waals surface area (Å²) in [6, 6.07) is 14.6. The molecule has 1 amide bonds. The van der Waals surface area contributed by atoms with Crippen LogP contribution in [0.5, 0.6) is 11.5 Å². The van der Waals surface area contributed by atoms with Crippen LogP contribution >= 0.6 is 15.9 Å². The standard InChI is InChI=1S/C27H37BrN4O3/c1-34-25-18-23(24(28)19-26(25)35-2)20-30-14-16-32(17-15-30)27(33)21-31-12-10-29(11-13-31)9-8-22-6-4-3-5-7-22/h3-7,18-19H,8-17,20-21H2,1-2H3. The summed E-state index contributed by atoms with van der Waals surface area (Å²) in [6.07, 6.45) is 1.09. The molecule has 0 saturated carbocycles. The molecule has 0 N–H and O–H groups in total. The molecule has 0 unspecified atom stereocenters. The van der Waals surface area contributed by atoms with Crippen LogP contribution in [-0.4, -0.2) is 105 Å². The molecular weight excluding hydrogens is 508 g/mol. The number of ether oxygens (including phenoxy) is 2. The Kier molecular flexibility index (Phi) is 9.43. The van der Waals surface area contributed by atoms with E-state index < -0.39 is 0 Å². The van der Waals surface area contributed by atoms with Gasteiger partial charge in [0.15, 0.2) is 11.5 Å². The highest BCUT2D eigenvalue weighted by Gasteiger charge is 2.25. The van der Waals surface area contributed by atoms with Gasteiger partial charge in [0.1, 0.15) is 0 Å². The largest absolute Gasteiger partial charge is 0.493 e. The summed E-state index contributed by atoms with van der Waals surface area (Å²) >= 11 is 3.66. The van der Waals surface area contributed by atoms with E-state index in [9.17, 15) is 4.79 Å². The molecule has 4 rings (SSSR count). The normalized spacial score (nSPS) is 18.0. The number of methoxy groups -OCH3 is 2. The monoisotopic (exact) mass is 544 g/mol. The summed E-state index contributed by atoms with van der Waals surface area (Å²) in [7, 11) is 3.30. The van der Waals surface area contributed by atoms with Gasteiger partial charge in [0, 0.05) is 69.9 Å². The fraction of sp³-hybridized carbons (Fsp3) is 0.519. The minimum Gasteiger partial charge on any atom is -0.493 e. The number of hydrogen-bond acceptors (Lipinski definition) is 6. The van der Waals surface area contributed by atoms with Crippen LogP contribution in [0.15, 0.2) is 46.9 Å². The Hall–Kier alpha value is -2.13. The number of halogens is 1. The van der Waals surface area contributed by atoms with E-state index in [4.69, 9.17) is 9.47 Å². The van der Waals surface area contributed by atoms with Crippen LogP contribution in [-0.2, 0) is 17.8 Å². The van der Waals surface area contributed by atoms with Crippen molar-refractivity contribution in [1.29, 1.82) is 0 Å². The fourth-order valence-electron chi connectivity index (χ4n) is 4.81.